The van der Waals surface area contributed by atoms with Gasteiger partial charge in [-0.1, -0.05) is 44.2 Å². The van der Waals surface area contributed by atoms with Crippen LogP contribution in [0.1, 0.15) is 31.7 Å². The Bertz CT molecular complexity index is 586. The zero-order valence-corrected chi connectivity index (χ0v) is 13.3. The SMILES string of the molecule is CCC1C(=O)NCCN1S(=O)(=O)CC(C)c1ccccc1. The molecule has 0 aliphatic carbocycles. The highest BCUT2D eigenvalue weighted by atomic mass is 32.2. The number of sulfonamides is 1. The van der Waals surface area contributed by atoms with E-state index in [4.69, 9.17) is 0 Å². The lowest BCUT2D eigenvalue weighted by molar-refractivity contribution is -0.126. The van der Waals surface area contributed by atoms with E-state index in [1.807, 2.05) is 44.2 Å². The predicted molar refractivity (Wildman–Crippen MR) is 82.4 cm³/mol. The minimum absolute atomic E-state index is 0.0286. The Morgan fingerprint density at radius 2 is 2.00 bits per heavy atom. The van der Waals surface area contributed by atoms with Crippen LogP contribution in [-0.4, -0.2) is 43.5 Å². The quantitative estimate of drug-likeness (QED) is 0.892. The number of benzene rings is 1. The third-order valence-electron chi connectivity index (χ3n) is 3.85. The van der Waals surface area contributed by atoms with Gasteiger partial charge in [0.2, 0.25) is 15.9 Å². The molecule has 0 bridgehead atoms. The van der Waals surface area contributed by atoms with Crippen LogP contribution in [0.25, 0.3) is 0 Å². The van der Waals surface area contributed by atoms with Gasteiger partial charge in [-0.15, -0.1) is 0 Å². The molecule has 116 valence electrons. The average Bonchev–Trinajstić information content (AvgIpc) is 2.47. The molecule has 1 N–H and O–H groups in total. The summed E-state index contributed by atoms with van der Waals surface area (Å²) in [5.41, 5.74) is 0.996. The number of carbonyl (C=O) groups excluding carboxylic acids is 1. The first-order chi connectivity index (χ1) is 9.95. The van der Waals surface area contributed by atoms with Crippen LogP contribution >= 0.6 is 0 Å². The summed E-state index contributed by atoms with van der Waals surface area (Å²) >= 11 is 0. The lowest BCUT2D eigenvalue weighted by atomic mass is 10.0. The van der Waals surface area contributed by atoms with Crippen molar-refractivity contribution in [2.24, 2.45) is 0 Å². The molecule has 1 heterocycles. The monoisotopic (exact) mass is 310 g/mol. The van der Waals surface area contributed by atoms with Crippen LogP contribution in [0.5, 0.6) is 0 Å². The van der Waals surface area contributed by atoms with Crippen LogP contribution in [0.3, 0.4) is 0 Å². The Hall–Kier alpha value is -1.40. The highest BCUT2D eigenvalue weighted by Gasteiger charge is 2.36. The van der Waals surface area contributed by atoms with E-state index in [9.17, 15) is 13.2 Å². The lowest BCUT2D eigenvalue weighted by Gasteiger charge is -2.34. The maximum atomic E-state index is 12.6. The standard InChI is InChI=1S/C15H22N2O3S/c1-3-14-15(18)16-9-10-17(14)21(19,20)11-12(2)13-7-5-4-6-8-13/h4-8,12,14H,3,9-11H2,1-2H3,(H,16,18). The fraction of sp³-hybridized carbons (Fsp3) is 0.533. The molecule has 5 nitrogen and oxygen atoms in total. The molecule has 1 aromatic rings. The van der Waals surface area contributed by atoms with Gasteiger partial charge in [-0.2, -0.15) is 4.31 Å². The van der Waals surface area contributed by atoms with E-state index < -0.39 is 16.1 Å². The van der Waals surface area contributed by atoms with E-state index in [0.29, 0.717) is 19.5 Å². The van der Waals surface area contributed by atoms with Gasteiger partial charge in [-0.05, 0) is 17.9 Å². The predicted octanol–water partition coefficient (Wildman–Crippen LogP) is 1.33. The number of rotatable bonds is 5. The van der Waals surface area contributed by atoms with Gasteiger partial charge in [0, 0.05) is 13.1 Å². The van der Waals surface area contributed by atoms with Crippen molar-refractivity contribution in [1.82, 2.24) is 9.62 Å². The Labute approximate surface area is 126 Å². The Kier molecular flexibility index (Phi) is 5.00. The Morgan fingerprint density at radius 3 is 2.62 bits per heavy atom. The normalized spacial score (nSPS) is 21.8. The van der Waals surface area contributed by atoms with Crippen LogP contribution in [0, 0.1) is 0 Å². The number of amides is 1. The minimum atomic E-state index is -3.45. The number of nitrogens with zero attached hydrogens (tertiary/aromatic N) is 1. The highest BCUT2D eigenvalue weighted by molar-refractivity contribution is 7.89. The second kappa shape index (κ2) is 6.58. The summed E-state index contributed by atoms with van der Waals surface area (Å²) in [5.74, 6) is -0.265. The molecule has 1 fully saturated rings. The topological polar surface area (TPSA) is 66.5 Å². The van der Waals surface area contributed by atoms with Crippen LogP contribution in [0.15, 0.2) is 30.3 Å². The molecular weight excluding hydrogens is 288 g/mol. The molecule has 0 spiro atoms. The molecule has 0 radical (unpaired) electrons. The molecule has 1 aliphatic rings. The first-order valence-electron chi connectivity index (χ1n) is 7.28. The van der Waals surface area contributed by atoms with Gasteiger partial charge in [0.25, 0.3) is 0 Å². The van der Waals surface area contributed by atoms with Crippen molar-refractivity contribution in [1.29, 1.82) is 0 Å². The zero-order valence-electron chi connectivity index (χ0n) is 12.5. The van der Waals surface area contributed by atoms with Gasteiger partial charge in [0.15, 0.2) is 0 Å². The number of hydrogen-bond donors (Lipinski definition) is 1. The summed E-state index contributed by atoms with van der Waals surface area (Å²) in [5, 5.41) is 2.73. The van der Waals surface area contributed by atoms with Gasteiger partial charge in [0.05, 0.1) is 5.75 Å². The number of piperazine rings is 1. The maximum absolute atomic E-state index is 12.6. The largest absolute Gasteiger partial charge is 0.353 e. The molecule has 1 aliphatic heterocycles. The lowest BCUT2D eigenvalue weighted by Crippen LogP contribution is -2.57. The van der Waals surface area contributed by atoms with Crippen molar-refractivity contribution in [3.63, 3.8) is 0 Å². The summed E-state index contributed by atoms with van der Waals surface area (Å²) in [6, 6.07) is 9.00. The molecule has 21 heavy (non-hydrogen) atoms. The summed E-state index contributed by atoms with van der Waals surface area (Å²) in [6.07, 6.45) is 0.491. The second-order valence-corrected chi connectivity index (χ2v) is 7.38. The molecule has 2 unspecified atom stereocenters. The zero-order chi connectivity index (χ0) is 15.5. The second-order valence-electron chi connectivity index (χ2n) is 5.42. The van der Waals surface area contributed by atoms with Crippen molar-refractivity contribution < 1.29 is 13.2 Å². The van der Waals surface area contributed by atoms with E-state index >= 15 is 0 Å². The molecule has 1 aromatic carbocycles. The molecule has 2 rings (SSSR count). The summed E-state index contributed by atoms with van der Waals surface area (Å²) < 4.78 is 26.6. The molecule has 2 atom stereocenters. The molecule has 1 amide bonds. The number of hydrogen-bond acceptors (Lipinski definition) is 3. The minimum Gasteiger partial charge on any atom is -0.353 e. The van der Waals surface area contributed by atoms with Crippen LogP contribution in [-0.2, 0) is 14.8 Å². The van der Waals surface area contributed by atoms with Crippen molar-refractivity contribution in [2.75, 3.05) is 18.8 Å². The van der Waals surface area contributed by atoms with E-state index in [1.54, 1.807) is 0 Å². The molecule has 1 saturated heterocycles. The van der Waals surface area contributed by atoms with Gasteiger partial charge in [-0.25, -0.2) is 8.42 Å². The Balaban J connectivity index is 2.16. The van der Waals surface area contributed by atoms with E-state index in [-0.39, 0.29) is 17.6 Å². The van der Waals surface area contributed by atoms with Crippen LogP contribution in [0.2, 0.25) is 0 Å². The van der Waals surface area contributed by atoms with Gasteiger partial charge in [-0.3, -0.25) is 4.79 Å². The van der Waals surface area contributed by atoms with Crippen molar-refractivity contribution in [3.05, 3.63) is 35.9 Å². The molecule has 0 aromatic heterocycles. The summed E-state index contributed by atoms with van der Waals surface area (Å²) in [6.45, 7) is 4.47. The number of nitrogens with one attached hydrogen (secondary N) is 1. The van der Waals surface area contributed by atoms with Gasteiger partial charge < -0.3 is 5.32 Å². The summed E-state index contributed by atoms with van der Waals surface area (Å²) in [4.78, 5) is 11.8. The van der Waals surface area contributed by atoms with Crippen molar-refractivity contribution in [3.8, 4) is 0 Å². The third kappa shape index (κ3) is 3.63. The molecule has 6 heteroatoms. The average molecular weight is 310 g/mol. The highest BCUT2D eigenvalue weighted by Crippen LogP contribution is 2.21. The smallest absolute Gasteiger partial charge is 0.238 e. The van der Waals surface area contributed by atoms with Crippen molar-refractivity contribution in [2.45, 2.75) is 32.2 Å². The summed E-state index contributed by atoms with van der Waals surface area (Å²) in [7, 11) is -3.45. The van der Waals surface area contributed by atoms with E-state index in [2.05, 4.69) is 5.32 Å². The Morgan fingerprint density at radius 1 is 1.33 bits per heavy atom. The van der Waals surface area contributed by atoms with Gasteiger partial charge in [0.1, 0.15) is 6.04 Å². The fourth-order valence-corrected chi connectivity index (χ4v) is 4.72. The third-order valence-corrected chi connectivity index (χ3v) is 5.93. The van der Waals surface area contributed by atoms with Crippen LogP contribution < -0.4 is 5.32 Å². The first kappa shape index (κ1) is 16.0. The van der Waals surface area contributed by atoms with E-state index in [1.165, 1.54) is 4.31 Å². The molecular formula is C15H22N2O3S. The van der Waals surface area contributed by atoms with E-state index in [0.717, 1.165) is 5.56 Å². The fourth-order valence-electron chi connectivity index (χ4n) is 2.71. The van der Waals surface area contributed by atoms with Crippen molar-refractivity contribution >= 4 is 15.9 Å². The first-order valence-corrected chi connectivity index (χ1v) is 8.88. The maximum Gasteiger partial charge on any atom is 0.238 e. The number of carbonyl (C=O) groups is 1. The molecule has 0 saturated carbocycles. The van der Waals surface area contributed by atoms with Crippen LogP contribution in [0.4, 0.5) is 0 Å². The van der Waals surface area contributed by atoms with Gasteiger partial charge >= 0.3 is 0 Å².